The van der Waals surface area contributed by atoms with Gasteiger partial charge in [-0.1, -0.05) is 0 Å². The molecule has 94 valence electrons. The fourth-order valence-electron chi connectivity index (χ4n) is 1.53. The largest absolute Gasteiger partial charge is 0.418 e. The average Bonchev–Trinajstić information content (AvgIpc) is 2.29. The zero-order chi connectivity index (χ0) is 13.3. The first-order valence-corrected chi connectivity index (χ1v) is 4.96. The van der Waals surface area contributed by atoms with E-state index in [9.17, 15) is 17.6 Å². The second kappa shape index (κ2) is 4.29. The Hall–Kier alpha value is -2.11. The van der Waals surface area contributed by atoms with Crippen LogP contribution in [0.1, 0.15) is 5.56 Å². The van der Waals surface area contributed by atoms with Crippen molar-refractivity contribution in [2.45, 2.75) is 6.18 Å². The molecule has 0 amide bonds. The van der Waals surface area contributed by atoms with Gasteiger partial charge in [-0.2, -0.15) is 13.2 Å². The molecule has 0 radical (unpaired) electrons. The molecule has 0 saturated carbocycles. The molecule has 1 aromatic carbocycles. The van der Waals surface area contributed by atoms with Gasteiger partial charge in [0.1, 0.15) is 5.82 Å². The first kappa shape index (κ1) is 12.3. The smallest absolute Gasteiger partial charge is 0.397 e. The molecule has 2 aromatic rings. The summed E-state index contributed by atoms with van der Waals surface area (Å²) >= 11 is 0. The van der Waals surface area contributed by atoms with E-state index in [0.717, 1.165) is 24.4 Å². The molecule has 0 saturated heterocycles. The topological polar surface area (TPSA) is 38.9 Å². The van der Waals surface area contributed by atoms with Crippen molar-refractivity contribution in [3.8, 4) is 11.3 Å². The first-order chi connectivity index (χ1) is 8.38. The van der Waals surface area contributed by atoms with E-state index in [1.165, 1.54) is 12.1 Å². The fourth-order valence-corrected chi connectivity index (χ4v) is 1.53. The van der Waals surface area contributed by atoms with E-state index in [1.807, 2.05) is 0 Å². The van der Waals surface area contributed by atoms with E-state index >= 15 is 0 Å². The molecule has 6 heteroatoms. The zero-order valence-corrected chi connectivity index (χ0v) is 9.00. The predicted octanol–water partition coefficient (Wildman–Crippen LogP) is 3.49. The summed E-state index contributed by atoms with van der Waals surface area (Å²) in [5.74, 6) is -0.525. The Labute approximate surface area is 100 Å². The van der Waals surface area contributed by atoms with Crippen LogP contribution >= 0.6 is 0 Å². The minimum Gasteiger partial charge on any atom is -0.397 e. The monoisotopic (exact) mass is 256 g/mol. The third-order valence-corrected chi connectivity index (χ3v) is 2.33. The minimum absolute atomic E-state index is 0.0758. The molecule has 0 spiro atoms. The third-order valence-electron chi connectivity index (χ3n) is 2.33. The van der Waals surface area contributed by atoms with E-state index in [2.05, 4.69) is 4.98 Å². The summed E-state index contributed by atoms with van der Waals surface area (Å²) in [6, 6.07) is 5.44. The second-order valence-corrected chi connectivity index (χ2v) is 3.67. The van der Waals surface area contributed by atoms with Gasteiger partial charge in [-0.15, -0.1) is 0 Å². The number of anilines is 1. The molecule has 0 aliphatic carbocycles. The highest BCUT2D eigenvalue weighted by molar-refractivity contribution is 5.65. The molecule has 18 heavy (non-hydrogen) atoms. The molecule has 0 unspecified atom stereocenters. The number of hydrogen-bond donors (Lipinski definition) is 1. The lowest BCUT2D eigenvalue weighted by Crippen LogP contribution is -2.09. The van der Waals surface area contributed by atoms with E-state index < -0.39 is 17.6 Å². The molecule has 0 bridgehead atoms. The highest BCUT2D eigenvalue weighted by Gasteiger charge is 2.34. The molecule has 2 rings (SSSR count). The summed E-state index contributed by atoms with van der Waals surface area (Å²) in [6.07, 6.45) is -3.43. The van der Waals surface area contributed by atoms with Gasteiger partial charge in [0.25, 0.3) is 0 Å². The molecule has 1 aromatic heterocycles. The van der Waals surface area contributed by atoms with Gasteiger partial charge in [0.15, 0.2) is 0 Å². The number of nitrogens with zero attached hydrogens (tertiary/aromatic N) is 1. The Morgan fingerprint density at radius 1 is 1.06 bits per heavy atom. The zero-order valence-electron chi connectivity index (χ0n) is 9.00. The van der Waals surface area contributed by atoms with E-state index in [-0.39, 0.29) is 16.9 Å². The maximum atomic E-state index is 12.8. The van der Waals surface area contributed by atoms with Crippen LogP contribution in [0.25, 0.3) is 11.3 Å². The Bertz CT molecular complexity index is 561. The fraction of sp³-hybridized carbons (Fsp3) is 0.0833. The van der Waals surface area contributed by atoms with Crippen LogP contribution in [0.15, 0.2) is 36.5 Å². The summed E-state index contributed by atoms with van der Waals surface area (Å²) < 4.78 is 51.2. The lowest BCUT2D eigenvalue weighted by atomic mass is 10.1. The van der Waals surface area contributed by atoms with Gasteiger partial charge >= 0.3 is 6.18 Å². The number of hydrogen-bond acceptors (Lipinski definition) is 2. The Morgan fingerprint density at radius 2 is 1.67 bits per heavy atom. The second-order valence-electron chi connectivity index (χ2n) is 3.67. The van der Waals surface area contributed by atoms with Crippen molar-refractivity contribution in [1.29, 1.82) is 0 Å². The van der Waals surface area contributed by atoms with E-state index in [1.54, 1.807) is 0 Å². The van der Waals surface area contributed by atoms with Crippen molar-refractivity contribution in [2.75, 3.05) is 5.73 Å². The summed E-state index contributed by atoms with van der Waals surface area (Å²) in [5, 5.41) is 0. The van der Waals surface area contributed by atoms with Gasteiger partial charge in [-0.05, 0) is 30.3 Å². The van der Waals surface area contributed by atoms with Crippen LogP contribution in [0.4, 0.5) is 23.2 Å². The van der Waals surface area contributed by atoms with Crippen molar-refractivity contribution < 1.29 is 17.6 Å². The molecule has 0 aliphatic rings. The number of benzene rings is 1. The number of alkyl halides is 3. The van der Waals surface area contributed by atoms with Crippen LogP contribution < -0.4 is 5.73 Å². The van der Waals surface area contributed by atoms with Crippen molar-refractivity contribution in [1.82, 2.24) is 4.98 Å². The molecule has 0 aliphatic heterocycles. The molecular formula is C12H8F4N2. The van der Waals surface area contributed by atoms with Gasteiger partial charge in [-0.3, -0.25) is 4.98 Å². The first-order valence-electron chi connectivity index (χ1n) is 4.96. The Kier molecular flexibility index (Phi) is 2.94. The number of nitrogens with two attached hydrogens (primary N) is 1. The highest BCUT2D eigenvalue weighted by Crippen LogP contribution is 2.36. The van der Waals surface area contributed by atoms with Crippen LogP contribution in [0.2, 0.25) is 0 Å². The maximum Gasteiger partial charge on any atom is 0.418 e. The Balaban J connectivity index is 2.60. The van der Waals surface area contributed by atoms with Crippen LogP contribution in [0.3, 0.4) is 0 Å². The summed E-state index contributed by atoms with van der Waals surface area (Å²) in [4.78, 5) is 3.68. The number of halogens is 4. The van der Waals surface area contributed by atoms with Gasteiger partial charge in [-0.25, -0.2) is 4.39 Å². The van der Waals surface area contributed by atoms with Gasteiger partial charge in [0.2, 0.25) is 0 Å². The quantitative estimate of drug-likeness (QED) is 0.793. The normalized spacial score (nSPS) is 11.6. The molecular weight excluding hydrogens is 248 g/mol. The van der Waals surface area contributed by atoms with Gasteiger partial charge in [0.05, 0.1) is 23.1 Å². The minimum atomic E-state index is -4.56. The van der Waals surface area contributed by atoms with Crippen LogP contribution in [-0.4, -0.2) is 4.98 Å². The summed E-state index contributed by atoms with van der Waals surface area (Å²) in [7, 11) is 0. The lowest BCUT2D eigenvalue weighted by molar-refractivity contribution is -0.137. The van der Waals surface area contributed by atoms with Gasteiger partial charge in [0, 0.05) is 5.56 Å². The molecule has 2 N–H and O–H groups in total. The number of nitrogen functional groups attached to an aromatic ring is 1. The SMILES string of the molecule is Nc1cnc(-c2ccc(F)cc2)c(C(F)(F)F)c1. The molecule has 0 fully saturated rings. The van der Waals surface area contributed by atoms with Crippen LogP contribution in [0.5, 0.6) is 0 Å². The summed E-state index contributed by atoms with van der Waals surface area (Å²) in [6.45, 7) is 0. The van der Waals surface area contributed by atoms with Crippen LogP contribution in [0, 0.1) is 5.82 Å². The number of rotatable bonds is 1. The lowest BCUT2D eigenvalue weighted by Gasteiger charge is -2.12. The predicted molar refractivity (Wildman–Crippen MR) is 59.0 cm³/mol. The maximum absolute atomic E-state index is 12.8. The van der Waals surface area contributed by atoms with E-state index in [4.69, 9.17) is 5.73 Å². The molecule has 1 heterocycles. The van der Waals surface area contributed by atoms with Crippen molar-refractivity contribution in [3.63, 3.8) is 0 Å². The Morgan fingerprint density at radius 3 is 2.22 bits per heavy atom. The third kappa shape index (κ3) is 2.42. The molecule has 0 atom stereocenters. The highest BCUT2D eigenvalue weighted by atomic mass is 19.4. The number of aromatic nitrogens is 1. The average molecular weight is 256 g/mol. The van der Waals surface area contributed by atoms with E-state index in [0.29, 0.717) is 0 Å². The van der Waals surface area contributed by atoms with Gasteiger partial charge < -0.3 is 5.73 Å². The molecule has 2 nitrogen and oxygen atoms in total. The van der Waals surface area contributed by atoms with Crippen molar-refractivity contribution >= 4 is 5.69 Å². The van der Waals surface area contributed by atoms with Crippen LogP contribution in [-0.2, 0) is 6.18 Å². The number of pyridine rings is 1. The van der Waals surface area contributed by atoms with Crippen molar-refractivity contribution in [2.24, 2.45) is 0 Å². The summed E-state index contributed by atoms with van der Waals surface area (Å²) in [5.41, 5.74) is 4.21. The standard InChI is InChI=1S/C12H8F4N2/c13-8-3-1-7(2-4-8)11-10(12(14,15)16)5-9(17)6-18-11/h1-6H,17H2. The van der Waals surface area contributed by atoms with Crippen molar-refractivity contribution in [3.05, 3.63) is 47.9 Å².